The fourth-order valence-electron chi connectivity index (χ4n) is 2.01. The molecule has 22 heavy (non-hydrogen) atoms. The molecule has 0 radical (unpaired) electrons. The van der Waals surface area contributed by atoms with E-state index < -0.39 is 8.07 Å². The van der Waals surface area contributed by atoms with E-state index in [0.717, 1.165) is 5.19 Å². The number of hydrogen-bond acceptors (Lipinski definition) is 3. The summed E-state index contributed by atoms with van der Waals surface area (Å²) in [4.78, 5) is 14.6. The molecule has 0 aliphatic rings. The van der Waals surface area contributed by atoms with E-state index in [1.54, 1.807) is 24.3 Å². The first-order chi connectivity index (χ1) is 10.4. The first kappa shape index (κ1) is 16.2. The number of anilines is 2. The highest BCUT2D eigenvalue weighted by Crippen LogP contribution is 2.19. The predicted molar refractivity (Wildman–Crippen MR) is 89.8 cm³/mol. The topological polar surface area (TPSA) is 54.0 Å². The van der Waals surface area contributed by atoms with E-state index in [4.69, 9.17) is 0 Å². The number of carbonyl (C=O) groups is 1. The Morgan fingerprint density at radius 1 is 1.23 bits per heavy atom. The van der Waals surface area contributed by atoms with E-state index in [0.29, 0.717) is 30.2 Å². The normalized spacial score (nSPS) is 11.1. The van der Waals surface area contributed by atoms with Crippen molar-refractivity contribution in [3.05, 3.63) is 47.9 Å². The van der Waals surface area contributed by atoms with Gasteiger partial charge in [0.25, 0.3) is 0 Å². The van der Waals surface area contributed by atoms with Crippen molar-refractivity contribution in [2.45, 2.75) is 26.2 Å². The smallest absolute Gasteiger partial charge is 0.207 e. The van der Waals surface area contributed by atoms with Gasteiger partial charge in [-0.3, -0.25) is 4.79 Å². The van der Waals surface area contributed by atoms with Gasteiger partial charge in [0.2, 0.25) is 6.41 Å². The molecule has 6 heteroatoms. The van der Waals surface area contributed by atoms with Crippen LogP contribution in [0.2, 0.25) is 19.6 Å². The fraction of sp³-hybridized carbons (Fsp3) is 0.250. The quantitative estimate of drug-likeness (QED) is 0.636. The number of hydrogen-bond donors (Lipinski definition) is 2. The molecule has 0 spiro atoms. The predicted octanol–water partition coefficient (Wildman–Crippen LogP) is 2.76. The second-order valence-corrected chi connectivity index (χ2v) is 11.2. The van der Waals surface area contributed by atoms with Crippen LogP contribution in [0.4, 0.5) is 15.9 Å². The molecular weight excluding hydrogens is 297 g/mol. The molecule has 4 nitrogen and oxygen atoms in total. The summed E-state index contributed by atoms with van der Waals surface area (Å²) in [6.45, 7) is 6.88. The van der Waals surface area contributed by atoms with E-state index in [1.807, 2.05) is 12.1 Å². The summed E-state index contributed by atoms with van der Waals surface area (Å²) in [5.74, 6) is 0.267. The van der Waals surface area contributed by atoms with E-state index in [-0.39, 0.29) is 5.82 Å². The standard InChI is InChI=1S/C16H20FN3OSi/c1-22(2,3)13-7-8-15(14(17)9-13)20-16-6-4-5-12(19-16)10-18-11-21/h4-9,11H,10H2,1-3H3,(H,18,21)(H,19,20). The van der Waals surface area contributed by atoms with Crippen molar-refractivity contribution in [2.75, 3.05) is 5.32 Å². The van der Waals surface area contributed by atoms with E-state index in [1.165, 1.54) is 0 Å². The molecule has 0 atom stereocenters. The number of benzene rings is 1. The van der Waals surface area contributed by atoms with Crippen LogP contribution in [-0.2, 0) is 11.3 Å². The first-order valence-electron chi connectivity index (χ1n) is 7.10. The van der Waals surface area contributed by atoms with E-state index in [2.05, 4.69) is 35.3 Å². The summed E-state index contributed by atoms with van der Waals surface area (Å²) in [6.07, 6.45) is 0.622. The minimum absolute atomic E-state index is 0.279. The van der Waals surface area contributed by atoms with Gasteiger partial charge in [-0.1, -0.05) is 37.0 Å². The molecule has 2 N–H and O–H groups in total. The molecule has 0 saturated carbocycles. The monoisotopic (exact) mass is 317 g/mol. The highest BCUT2D eigenvalue weighted by molar-refractivity contribution is 6.88. The van der Waals surface area contributed by atoms with Crippen molar-refractivity contribution < 1.29 is 9.18 Å². The molecule has 0 fully saturated rings. The Kier molecular flexibility index (Phi) is 4.92. The van der Waals surface area contributed by atoms with Gasteiger partial charge in [0, 0.05) is 0 Å². The molecule has 2 rings (SSSR count). The van der Waals surface area contributed by atoms with Gasteiger partial charge in [0.15, 0.2) is 0 Å². The van der Waals surface area contributed by atoms with Gasteiger partial charge in [-0.15, -0.1) is 0 Å². The summed E-state index contributed by atoms with van der Waals surface area (Å²) < 4.78 is 14.2. The van der Waals surface area contributed by atoms with Gasteiger partial charge in [-0.2, -0.15) is 0 Å². The molecule has 1 aromatic heterocycles. The minimum atomic E-state index is -1.53. The van der Waals surface area contributed by atoms with Crippen LogP contribution in [0.25, 0.3) is 0 Å². The van der Waals surface area contributed by atoms with Crippen LogP contribution in [0.3, 0.4) is 0 Å². The number of rotatable bonds is 6. The fourth-order valence-corrected chi connectivity index (χ4v) is 3.16. The maximum atomic E-state index is 14.2. The molecule has 1 heterocycles. The number of halogens is 1. The zero-order valence-corrected chi connectivity index (χ0v) is 14.0. The number of nitrogens with zero attached hydrogens (tertiary/aromatic N) is 1. The van der Waals surface area contributed by atoms with Crippen LogP contribution >= 0.6 is 0 Å². The zero-order valence-electron chi connectivity index (χ0n) is 13.0. The lowest BCUT2D eigenvalue weighted by molar-refractivity contribution is -0.109. The second kappa shape index (κ2) is 6.70. The SMILES string of the molecule is C[Si](C)(C)c1ccc(Nc2cccc(CNC=O)n2)c(F)c1. The van der Waals surface area contributed by atoms with Crippen LogP contribution in [0.15, 0.2) is 36.4 Å². The number of nitrogens with one attached hydrogen (secondary N) is 2. The lowest BCUT2D eigenvalue weighted by Gasteiger charge is -2.17. The van der Waals surface area contributed by atoms with Crippen molar-refractivity contribution in [1.82, 2.24) is 10.3 Å². The van der Waals surface area contributed by atoms with Crippen LogP contribution in [0, 0.1) is 5.82 Å². The van der Waals surface area contributed by atoms with Gasteiger partial charge in [-0.25, -0.2) is 9.37 Å². The summed E-state index contributed by atoms with van der Waals surface area (Å²) in [6, 6.07) is 10.7. The van der Waals surface area contributed by atoms with Crippen LogP contribution in [-0.4, -0.2) is 19.5 Å². The van der Waals surface area contributed by atoms with Gasteiger partial charge in [-0.05, 0) is 24.3 Å². The van der Waals surface area contributed by atoms with E-state index >= 15 is 0 Å². The van der Waals surface area contributed by atoms with Crippen molar-refractivity contribution >= 4 is 31.2 Å². The largest absolute Gasteiger partial charge is 0.353 e. The highest BCUT2D eigenvalue weighted by atomic mass is 28.3. The van der Waals surface area contributed by atoms with Crippen molar-refractivity contribution in [1.29, 1.82) is 0 Å². The molecule has 2 aromatic rings. The van der Waals surface area contributed by atoms with Gasteiger partial charge < -0.3 is 10.6 Å². The second-order valence-electron chi connectivity index (χ2n) is 6.08. The Bertz CT molecular complexity index is 671. The van der Waals surface area contributed by atoms with Crippen molar-refractivity contribution in [2.24, 2.45) is 0 Å². The lowest BCUT2D eigenvalue weighted by atomic mass is 10.3. The molecule has 0 unspecified atom stereocenters. The minimum Gasteiger partial charge on any atom is -0.353 e. The van der Waals surface area contributed by atoms with Crippen molar-refractivity contribution in [3.63, 3.8) is 0 Å². The molecule has 1 aromatic carbocycles. The summed E-state index contributed by atoms with van der Waals surface area (Å²) in [5.41, 5.74) is 1.10. The molecule has 1 amide bonds. The molecular formula is C16H20FN3OSi. The number of amides is 1. The summed E-state index contributed by atoms with van der Waals surface area (Å²) in [7, 11) is -1.53. The summed E-state index contributed by atoms with van der Waals surface area (Å²) in [5, 5.41) is 6.61. The number of pyridine rings is 1. The highest BCUT2D eigenvalue weighted by Gasteiger charge is 2.18. The molecule has 0 saturated heterocycles. The average molecular weight is 317 g/mol. The molecule has 0 aliphatic carbocycles. The first-order valence-corrected chi connectivity index (χ1v) is 10.6. The summed E-state index contributed by atoms with van der Waals surface area (Å²) >= 11 is 0. The third-order valence-corrected chi connectivity index (χ3v) is 5.31. The van der Waals surface area contributed by atoms with Crippen LogP contribution in [0.1, 0.15) is 5.69 Å². The Hall–Kier alpha value is -2.21. The van der Waals surface area contributed by atoms with Crippen LogP contribution < -0.4 is 15.8 Å². The molecule has 0 bridgehead atoms. The number of carbonyl (C=O) groups excluding carboxylic acids is 1. The zero-order chi connectivity index (χ0) is 16.2. The Morgan fingerprint density at radius 2 is 2.00 bits per heavy atom. The van der Waals surface area contributed by atoms with E-state index in [9.17, 15) is 9.18 Å². The molecule has 116 valence electrons. The van der Waals surface area contributed by atoms with Crippen molar-refractivity contribution in [3.8, 4) is 0 Å². The Balaban J connectivity index is 2.18. The van der Waals surface area contributed by atoms with Crippen LogP contribution in [0.5, 0.6) is 0 Å². The third-order valence-electron chi connectivity index (χ3n) is 3.27. The average Bonchev–Trinajstić information content (AvgIpc) is 2.46. The lowest BCUT2D eigenvalue weighted by Crippen LogP contribution is -2.37. The van der Waals surface area contributed by atoms with Gasteiger partial charge >= 0.3 is 0 Å². The van der Waals surface area contributed by atoms with Gasteiger partial charge in [0.05, 0.1) is 26.0 Å². The Morgan fingerprint density at radius 3 is 2.64 bits per heavy atom. The maximum absolute atomic E-state index is 14.2. The Labute approximate surface area is 130 Å². The molecule has 0 aliphatic heterocycles. The maximum Gasteiger partial charge on any atom is 0.207 e. The third kappa shape index (κ3) is 4.14. The number of aromatic nitrogens is 1. The van der Waals surface area contributed by atoms with Gasteiger partial charge in [0.1, 0.15) is 11.6 Å².